The summed E-state index contributed by atoms with van der Waals surface area (Å²) in [6, 6.07) is 6.23. The molecule has 2 heterocycles. The lowest BCUT2D eigenvalue weighted by molar-refractivity contribution is -0.131. The number of nitrogens with one attached hydrogen (secondary N) is 2. The summed E-state index contributed by atoms with van der Waals surface area (Å²) in [4.78, 5) is 15.4. The molecule has 0 aliphatic carbocycles. The molecule has 1 saturated heterocycles. The van der Waals surface area contributed by atoms with Crippen LogP contribution < -0.4 is 11.1 Å². The highest BCUT2D eigenvalue weighted by molar-refractivity contribution is 5.86. The van der Waals surface area contributed by atoms with Gasteiger partial charge in [0.2, 0.25) is 5.91 Å². The second-order valence-electron chi connectivity index (χ2n) is 5.91. The van der Waals surface area contributed by atoms with Crippen molar-refractivity contribution in [2.45, 2.75) is 38.4 Å². The first-order valence-electron chi connectivity index (χ1n) is 7.88. The van der Waals surface area contributed by atoms with Crippen LogP contribution in [0, 0.1) is 6.92 Å². The van der Waals surface area contributed by atoms with Gasteiger partial charge < -0.3 is 20.8 Å². The van der Waals surface area contributed by atoms with Gasteiger partial charge in [-0.15, -0.1) is 12.4 Å². The van der Waals surface area contributed by atoms with Crippen LogP contribution in [0.2, 0.25) is 0 Å². The molecule has 0 radical (unpaired) electrons. The number of H-pyrrole nitrogens is 1. The van der Waals surface area contributed by atoms with Gasteiger partial charge in [-0.05, 0) is 43.4 Å². The molecule has 1 aliphatic rings. The van der Waals surface area contributed by atoms with Crippen LogP contribution in [0.5, 0.6) is 0 Å². The van der Waals surface area contributed by atoms with Crippen LogP contribution in [-0.2, 0) is 16.0 Å². The first-order chi connectivity index (χ1) is 10.7. The van der Waals surface area contributed by atoms with E-state index in [4.69, 9.17) is 10.5 Å². The summed E-state index contributed by atoms with van der Waals surface area (Å²) in [5, 5.41) is 4.23. The van der Waals surface area contributed by atoms with Crippen molar-refractivity contribution in [3.63, 3.8) is 0 Å². The maximum Gasteiger partial charge on any atom is 0.249 e. The van der Waals surface area contributed by atoms with Crippen molar-refractivity contribution in [2.75, 3.05) is 13.1 Å². The Morgan fingerprint density at radius 3 is 3.00 bits per heavy atom. The van der Waals surface area contributed by atoms with Crippen LogP contribution in [-0.4, -0.2) is 36.2 Å². The number of nitrogens with two attached hydrogens (primary N) is 1. The standard InChI is InChI=1S/C17H23N3O2.ClH/c1-11-3-2-4-14-16(11)12(10-20-14)7-8-19-17(21)15-6-5-13(9-18)22-15;/h2-4,10,13,15,20H,5-9,18H2,1H3,(H,19,21);1H/t13-,15+;/m1./s1. The molecule has 126 valence electrons. The molecule has 2 atom stereocenters. The Morgan fingerprint density at radius 1 is 1.43 bits per heavy atom. The van der Waals surface area contributed by atoms with Gasteiger partial charge in [0, 0.05) is 30.2 Å². The molecule has 5 nitrogen and oxygen atoms in total. The summed E-state index contributed by atoms with van der Waals surface area (Å²) in [6.07, 6.45) is 4.17. The van der Waals surface area contributed by atoms with Gasteiger partial charge in [-0.25, -0.2) is 0 Å². The molecule has 0 saturated carbocycles. The van der Waals surface area contributed by atoms with E-state index in [-0.39, 0.29) is 30.5 Å². The lowest BCUT2D eigenvalue weighted by atomic mass is 10.1. The van der Waals surface area contributed by atoms with Crippen molar-refractivity contribution in [3.05, 3.63) is 35.5 Å². The third-order valence-electron chi connectivity index (χ3n) is 4.35. The predicted octanol–water partition coefficient (Wildman–Crippen LogP) is 2.06. The van der Waals surface area contributed by atoms with E-state index < -0.39 is 0 Å². The highest BCUT2D eigenvalue weighted by Crippen LogP contribution is 2.22. The molecular formula is C17H24ClN3O2. The van der Waals surface area contributed by atoms with Gasteiger partial charge in [-0.3, -0.25) is 4.79 Å². The van der Waals surface area contributed by atoms with Gasteiger partial charge in [0.15, 0.2) is 0 Å². The number of carbonyl (C=O) groups is 1. The topological polar surface area (TPSA) is 80.1 Å². The Labute approximate surface area is 142 Å². The zero-order chi connectivity index (χ0) is 15.5. The Hall–Kier alpha value is -1.56. The van der Waals surface area contributed by atoms with Crippen LogP contribution in [0.1, 0.15) is 24.0 Å². The molecule has 6 heteroatoms. The quantitative estimate of drug-likeness (QED) is 0.781. The number of ether oxygens (including phenoxy) is 1. The Kier molecular flexibility index (Phi) is 6.04. The Morgan fingerprint density at radius 2 is 2.26 bits per heavy atom. The minimum atomic E-state index is -0.335. The third-order valence-corrected chi connectivity index (χ3v) is 4.35. The van der Waals surface area contributed by atoms with Gasteiger partial charge in [-0.2, -0.15) is 0 Å². The predicted molar refractivity (Wildman–Crippen MR) is 93.9 cm³/mol. The van der Waals surface area contributed by atoms with Crippen molar-refractivity contribution in [1.29, 1.82) is 0 Å². The van der Waals surface area contributed by atoms with Gasteiger partial charge in [0.05, 0.1) is 6.10 Å². The molecule has 1 amide bonds. The fraction of sp³-hybridized carbons (Fsp3) is 0.471. The smallest absolute Gasteiger partial charge is 0.249 e. The van der Waals surface area contributed by atoms with E-state index >= 15 is 0 Å². The fourth-order valence-electron chi connectivity index (χ4n) is 3.15. The highest BCUT2D eigenvalue weighted by atomic mass is 35.5. The molecular weight excluding hydrogens is 314 g/mol. The SMILES string of the molecule is Cc1cccc2[nH]cc(CCNC(=O)[C@@H]3CC[C@H](CN)O3)c12.Cl. The second-order valence-corrected chi connectivity index (χ2v) is 5.91. The van der Waals surface area contributed by atoms with Crippen LogP contribution in [0.15, 0.2) is 24.4 Å². The van der Waals surface area contributed by atoms with Crippen LogP contribution in [0.3, 0.4) is 0 Å². The van der Waals surface area contributed by atoms with Crippen LogP contribution >= 0.6 is 12.4 Å². The molecule has 1 aliphatic heterocycles. The van der Waals surface area contributed by atoms with Crippen molar-refractivity contribution in [3.8, 4) is 0 Å². The maximum atomic E-state index is 12.1. The van der Waals surface area contributed by atoms with Gasteiger partial charge in [0.25, 0.3) is 0 Å². The molecule has 0 spiro atoms. The molecule has 1 aromatic heterocycles. The number of halogens is 1. The maximum absolute atomic E-state index is 12.1. The van der Waals surface area contributed by atoms with E-state index in [1.165, 1.54) is 16.5 Å². The number of hydrogen-bond acceptors (Lipinski definition) is 3. The third kappa shape index (κ3) is 3.86. The summed E-state index contributed by atoms with van der Waals surface area (Å²) in [7, 11) is 0. The number of hydrogen-bond donors (Lipinski definition) is 3. The lowest BCUT2D eigenvalue weighted by Gasteiger charge is -2.12. The van der Waals surface area contributed by atoms with E-state index in [0.29, 0.717) is 13.1 Å². The molecule has 4 N–H and O–H groups in total. The summed E-state index contributed by atoms with van der Waals surface area (Å²) < 4.78 is 5.61. The van der Waals surface area contributed by atoms with E-state index in [1.54, 1.807) is 0 Å². The van der Waals surface area contributed by atoms with Gasteiger partial charge >= 0.3 is 0 Å². The number of aromatic amines is 1. The van der Waals surface area contributed by atoms with E-state index in [0.717, 1.165) is 24.8 Å². The average molecular weight is 338 g/mol. The lowest BCUT2D eigenvalue weighted by Crippen LogP contribution is -2.36. The van der Waals surface area contributed by atoms with Crippen molar-refractivity contribution < 1.29 is 9.53 Å². The molecule has 3 rings (SSSR count). The van der Waals surface area contributed by atoms with Crippen LogP contribution in [0.25, 0.3) is 10.9 Å². The zero-order valence-electron chi connectivity index (χ0n) is 13.3. The van der Waals surface area contributed by atoms with E-state index in [1.807, 2.05) is 12.3 Å². The largest absolute Gasteiger partial charge is 0.364 e. The first-order valence-corrected chi connectivity index (χ1v) is 7.88. The molecule has 0 unspecified atom stereocenters. The number of aromatic nitrogens is 1. The minimum Gasteiger partial charge on any atom is -0.364 e. The van der Waals surface area contributed by atoms with Gasteiger partial charge in [-0.1, -0.05) is 12.1 Å². The van der Waals surface area contributed by atoms with Crippen molar-refractivity contribution >= 4 is 29.2 Å². The van der Waals surface area contributed by atoms with E-state index in [9.17, 15) is 4.79 Å². The van der Waals surface area contributed by atoms with Crippen LogP contribution in [0.4, 0.5) is 0 Å². The number of carbonyl (C=O) groups excluding carboxylic acids is 1. The first kappa shape index (κ1) is 17.8. The summed E-state index contributed by atoms with van der Waals surface area (Å²) in [5.41, 5.74) is 9.20. The number of fused-ring (bicyclic) bond motifs is 1. The van der Waals surface area contributed by atoms with Gasteiger partial charge in [0.1, 0.15) is 6.10 Å². The number of rotatable bonds is 5. The summed E-state index contributed by atoms with van der Waals surface area (Å²) in [5.74, 6) is -0.0208. The molecule has 2 aromatic rings. The highest BCUT2D eigenvalue weighted by Gasteiger charge is 2.29. The second kappa shape index (κ2) is 7.81. The average Bonchev–Trinajstić information content (AvgIpc) is 3.14. The monoisotopic (exact) mass is 337 g/mol. The summed E-state index contributed by atoms with van der Waals surface area (Å²) in [6.45, 7) is 3.21. The molecule has 1 fully saturated rings. The fourth-order valence-corrected chi connectivity index (χ4v) is 3.15. The summed E-state index contributed by atoms with van der Waals surface area (Å²) >= 11 is 0. The molecule has 1 aromatic carbocycles. The number of benzene rings is 1. The number of amides is 1. The zero-order valence-corrected chi connectivity index (χ0v) is 14.1. The minimum absolute atomic E-state index is 0. The Balaban J connectivity index is 0.00000192. The van der Waals surface area contributed by atoms with Crippen molar-refractivity contribution in [2.24, 2.45) is 5.73 Å². The number of aryl methyl sites for hydroxylation is 1. The van der Waals surface area contributed by atoms with Crippen molar-refractivity contribution in [1.82, 2.24) is 10.3 Å². The van der Waals surface area contributed by atoms with E-state index in [2.05, 4.69) is 29.4 Å². The Bertz CT molecular complexity index is 671. The molecule has 23 heavy (non-hydrogen) atoms. The molecule has 0 bridgehead atoms. The normalized spacial score (nSPS) is 20.4.